The highest BCUT2D eigenvalue weighted by atomic mass is 32.1. The predicted molar refractivity (Wildman–Crippen MR) is 81.7 cm³/mol. The number of carbonyl (C=O) groups is 1. The fourth-order valence-electron chi connectivity index (χ4n) is 1.99. The second-order valence-corrected chi connectivity index (χ2v) is 5.56. The van der Waals surface area contributed by atoms with Crippen molar-refractivity contribution in [2.24, 2.45) is 5.73 Å². The number of thiazole rings is 1. The summed E-state index contributed by atoms with van der Waals surface area (Å²) < 4.78 is 13.2. The molecule has 0 saturated carbocycles. The summed E-state index contributed by atoms with van der Waals surface area (Å²) in [5, 5.41) is 2.62. The summed E-state index contributed by atoms with van der Waals surface area (Å²) in [6, 6.07) is 6.28. The Kier molecular flexibility index (Phi) is 5.41. The van der Waals surface area contributed by atoms with Gasteiger partial charge in [-0.2, -0.15) is 0 Å². The zero-order valence-corrected chi connectivity index (χ0v) is 12.7. The van der Waals surface area contributed by atoms with Crippen molar-refractivity contribution in [1.82, 2.24) is 9.88 Å². The van der Waals surface area contributed by atoms with Gasteiger partial charge >= 0.3 is 0 Å². The van der Waals surface area contributed by atoms with Gasteiger partial charge in [0.25, 0.3) is 5.91 Å². The lowest BCUT2D eigenvalue weighted by Crippen LogP contribution is -2.30. The van der Waals surface area contributed by atoms with Crippen molar-refractivity contribution in [3.63, 3.8) is 0 Å². The molecule has 21 heavy (non-hydrogen) atoms. The van der Waals surface area contributed by atoms with E-state index in [-0.39, 0.29) is 11.7 Å². The number of amides is 1. The number of benzene rings is 1. The first kappa shape index (κ1) is 15.6. The second-order valence-electron chi connectivity index (χ2n) is 4.61. The highest BCUT2D eigenvalue weighted by Gasteiger charge is 2.17. The van der Waals surface area contributed by atoms with Gasteiger partial charge in [-0.25, -0.2) is 9.37 Å². The van der Waals surface area contributed by atoms with Crippen LogP contribution in [0.5, 0.6) is 0 Å². The number of hydrogen-bond acceptors (Lipinski definition) is 4. The Labute approximate surface area is 127 Å². The fraction of sp³-hybridized carbons (Fsp3) is 0.333. The van der Waals surface area contributed by atoms with Crippen molar-refractivity contribution in [2.45, 2.75) is 19.9 Å². The number of carbonyl (C=O) groups excluding carboxylic acids is 1. The van der Waals surface area contributed by atoms with E-state index in [1.807, 2.05) is 6.92 Å². The molecule has 0 radical (unpaired) electrons. The predicted octanol–water partition coefficient (Wildman–Crippen LogP) is 2.45. The van der Waals surface area contributed by atoms with E-state index in [9.17, 15) is 9.18 Å². The van der Waals surface area contributed by atoms with Crippen LogP contribution in [0.2, 0.25) is 0 Å². The molecule has 1 amide bonds. The van der Waals surface area contributed by atoms with Crippen LogP contribution < -0.4 is 5.73 Å². The SMILES string of the molecule is CCN(Cc1cccc(F)c1)C(=O)c1csc(CCN)n1. The van der Waals surface area contributed by atoms with E-state index in [1.165, 1.54) is 23.5 Å². The van der Waals surface area contributed by atoms with Gasteiger partial charge in [0.1, 0.15) is 11.5 Å². The lowest BCUT2D eigenvalue weighted by molar-refractivity contribution is 0.0747. The highest BCUT2D eigenvalue weighted by molar-refractivity contribution is 7.09. The van der Waals surface area contributed by atoms with Gasteiger partial charge < -0.3 is 10.6 Å². The van der Waals surface area contributed by atoms with E-state index in [0.717, 1.165) is 10.6 Å². The largest absolute Gasteiger partial charge is 0.333 e. The molecule has 0 spiro atoms. The Morgan fingerprint density at radius 3 is 2.95 bits per heavy atom. The lowest BCUT2D eigenvalue weighted by atomic mass is 10.2. The summed E-state index contributed by atoms with van der Waals surface area (Å²) in [6.07, 6.45) is 0.675. The Balaban J connectivity index is 2.10. The number of halogens is 1. The Bertz CT molecular complexity index is 614. The van der Waals surface area contributed by atoms with Crippen molar-refractivity contribution >= 4 is 17.2 Å². The third kappa shape index (κ3) is 4.09. The van der Waals surface area contributed by atoms with E-state index in [1.54, 1.807) is 22.4 Å². The van der Waals surface area contributed by atoms with Crippen LogP contribution in [-0.2, 0) is 13.0 Å². The molecule has 112 valence electrons. The molecule has 1 heterocycles. The average molecular weight is 307 g/mol. The molecule has 0 bridgehead atoms. The summed E-state index contributed by atoms with van der Waals surface area (Å²) >= 11 is 1.44. The maximum Gasteiger partial charge on any atom is 0.273 e. The topological polar surface area (TPSA) is 59.2 Å². The number of aromatic nitrogens is 1. The zero-order chi connectivity index (χ0) is 15.2. The third-order valence-electron chi connectivity index (χ3n) is 3.06. The maximum atomic E-state index is 13.2. The van der Waals surface area contributed by atoms with Crippen LogP contribution in [0.15, 0.2) is 29.6 Å². The average Bonchev–Trinajstić information content (AvgIpc) is 2.93. The van der Waals surface area contributed by atoms with E-state index < -0.39 is 0 Å². The molecule has 0 aliphatic heterocycles. The van der Waals surface area contributed by atoms with E-state index in [0.29, 0.717) is 31.7 Å². The van der Waals surface area contributed by atoms with Crippen molar-refractivity contribution < 1.29 is 9.18 Å². The van der Waals surface area contributed by atoms with Crippen molar-refractivity contribution in [3.8, 4) is 0 Å². The summed E-state index contributed by atoms with van der Waals surface area (Å²) in [6.45, 7) is 3.32. The summed E-state index contributed by atoms with van der Waals surface area (Å²) in [4.78, 5) is 18.4. The normalized spacial score (nSPS) is 10.6. The molecule has 2 N–H and O–H groups in total. The van der Waals surface area contributed by atoms with Crippen LogP contribution in [-0.4, -0.2) is 28.9 Å². The fourth-order valence-corrected chi connectivity index (χ4v) is 2.78. The zero-order valence-electron chi connectivity index (χ0n) is 11.9. The third-order valence-corrected chi connectivity index (χ3v) is 3.97. The number of nitrogens with two attached hydrogens (primary N) is 1. The van der Waals surface area contributed by atoms with Gasteiger partial charge in [0.2, 0.25) is 0 Å². The van der Waals surface area contributed by atoms with E-state index in [4.69, 9.17) is 5.73 Å². The standard InChI is InChI=1S/C15H18FN3OS/c1-2-19(9-11-4-3-5-12(16)8-11)15(20)13-10-21-14(18-13)6-7-17/h3-5,8,10H,2,6-7,9,17H2,1H3. The first-order chi connectivity index (χ1) is 10.1. The lowest BCUT2D eigenvalue weighted by Gasteiger charge is -2.20. The summed E-state index contributed by atoms with van der Waals surface area (Å²) in [5.41, 5.74) is 6.68. The summed E-state index contributed by atoms with van der Waals surface area (Å²) in [5.74, 6) is -0.434. The van der Waals surface area contributed by atoms with Crippen LogP contribution >= 0.6 is 11.3 Å². The molecule has 6 heteroatoms. The molecule has 0 saturated heterocycles. The minimum absolute atomic E-state index is 0.138. The molecule has 0 unspecified atom stereocenters. The maximum absolute atomic E-state index is 13.2. The van der Waals surface area contributed by atoms with Gasteiger partial charge in [-0.05, 0) is 31.2 Å². The Morgan fingerprint density at radius 1 is 1.48 bits per heavy atom. The van der Waals surface area contributed by atoms with E-state index >= 15 is 0 Å². The molecule has 4 nitrogen and oxygen atoms in total. The molecule has 1 aromatic heterocycles. The molecule has 0 aliphatic carbocycles. The second kappa shape index (κ2) is 7.28. The van der Waals surface area contributed by atoms with Crippen LogP contribution in [0.25, 0.3) is 0 Å². The smallest absolute Gasteiger partial charge is 0.273 e. The molecule has 1 aromatic carbocycles. The van der Waals surface area contributed by atoms with Crippen LogP contribution in [0.3, 0.4) is 0 Å². The van der Waals surface area contributed by atoms with Gasteiger partial charge in [0, 0.05) is 24.9 Å². The van der Waals surface area contributed by atoms with Gasteiger partial charge in [-0.15, -0.1) is 11.3 Å². The van der Waals surface area contributed by atoms with Gasteiger partial charge in [-0.1, -0.05) is 12.1 Å². The Morgan fingerprint density at radius 2 is 2.29 bits per heavy atom. The number of nitrogens with zero attached hydrogens (tertiary/aromatic N) is 2. The first-order valence-corrected chi connectivity index (χ1v) is 7.70. The molecule has 0 aliphatic rings. The number of rotatable bonds is 6. The molecular weight excluding hydrogens is 289 g/mol. The monoisotopic (exact) mass is 307 g/mol. The van der Waals surface area contributed by atoms with Gasteiger partial charge in [0.15, 0.2) is 0 Å². The Hall–Kier alpha value is -1.79. The molecular formula is C15H18FN3OS. The molecule has 2 aromatic rings. The van der Waals surface area contributed by atoms with Gasteiger partial charge in [-0.3, -0.25) is 4.79 Å². The quantitative estimate of drug-likeness (QED) is 0.892. The molecule has 0 atom stereocenters. The minimum atomic E-state index is -0.296. The van der Waals surface area contributed by atoms with Crippen molar-refractivity contribution in [1.29, 1.82) is 0 Å². The van der Waals surface area contributed by atoms with Crippen LogP contribution in [0, 0.1) is 5.82 Å². The highest BCUT2D eigenvalue weighted by Crippen LogP contribution is 2.14. The minimum Gasteiger partial charge on any atom is -0.333 e. The van der Waals surface area contributed by atoms with Crippen LogP contribution in [0.1, 0.15) is 28.0 Å². The first-order valence-electron chi connectivity index (χ1n) is 6.82. The van der Waals surface area contributed by atoms with E-state index in [2.05, 4.69) is 4.98 Å². The van der Waals surface area contributed by atoms with Crippen molar-refractivity contribution in [2.75, 3.05) is 13.1 Å². The summed E-state index contributed by atoms with van der Waals surface area (Å²) in [7, 11) is 0. The molecule has 2 rings (SSSR count). The van der Waals surface area contributed by atoms with Crippen LogP contribution in [0.4, 0.5) is 4.39 Å². The molecule has 0 fully saturated rings. The van der Waals surface area contributed by atoms with Gasteiger partial charge in [0.05, 0.1) is 5.01 Å². The van der Waals surface area contributed by atoms with Crippen molar-refractivity contribution in [3.05, 3.63) is 51.7 Å². The number of hydrogen-bond donors (Lipinski definition) is 1.